The molecule has 270 valence electrons. The average molecular weight is 711 g/mol. The Morgan fingerprint density at radius 3 is 1.11 bits per heavy atom. The van der Waals surface area contributed by atoms with E-state index in [9.17, 15) is 0 Å². The van der Waals surface area contributed by atoms with Crippen LogP contribution in [0.25, 0.3) is 67.1 Å². The van der Waals surface area contributed by atoms with Crippen LogP contribution in [0.3, 0.4) is 0 Å². The molecule has 0 atom stereocenters. The first-order chi connectivity index (χ1) is 25.7. The van der Waals surface area contributed by atoms with Crippen molar-refractivity contribution in [2.75, 3.05) is 0 Å². The van der Waals surface area contributed by atoms with E-state index in [1.807, 2.05) is 12.1 Å². The number of hydrogen-bond acceptors (Lipinski definition) is 8. The molecule has 0 fully saturated rings. The summed E-state index contributed by atoms with van der Waals surface area (Å²) in [4.78, 5) is 21.3. The van der Waals surface area contributed by atoms with Crippen LogP contribution in [-0.4, -0.2) is 40.3 Å². The summed E-state index contributed by atoms with van der Waals surface area (Å²) in [5.41, 5.74) is 10.5. The van der Waals surface area contributed by atoms with E-state index in [4.69, 9.17) is 40.3 Å². The predicted molar refractivity (Wildman–Crippen MR) is 216 cm³/mol. The van der Waals surface area contributed by atoms with Crippen LogP contribution in [0.4, 0.5) is 0 Å². The van der Waals surface area contributed by atoms with Gasteiger partial charge in [0.1, 0.15) is 11.4 Å². The zero-order valence-electron chi connectivity index (χ0n) is 32.5. The Labute approximate surface area is 317 Å². The van der Waals surface area contributed by atoms with Crippen molar-refractivity contribution in [3.63, 3.8) is 0 Å². The van der Waals surface area contributed by atoms with Crippen LogP contribution in [0.5, 0.6) is 0 Å². The fourth-order valence-corrected chi connectivity index (χ4v) is 8.37. The Morgan fingerprint density at radius 2 is 0.741 bits per heavy atom. The van der Waals surface area contributed by atoms with Crippen molar-refractivity contribution in [3.05, 3.63) is 108 Å². The van der Waals surface area contributed by atoms with Gasteiger partial charge in [-0.15, -0.1) is 10.2 Å². The van der Waals surface area contributed by atoms with E-state index in [-0.39, 0.29) is 21.7 Å². The van der Waals surface area contributed by atoms with Gasteiger partial charge in [-0.1, -0.05) is 128 Å². The molecule has 8 heteroatoms. The number of pyridine rings is 2. The fourth-order valence-electron chi connectivity index (χ4n) is 8.37. The molecule has 0 radical (unpaired) electrons. The minimum atomic E-state index is -0.130. The number of rotatable bonds is 4. The molecular formula is C46H46N8. The molecule has 0 spiro atoms. The second kappa shape index (κ2) is 12.0. The van der Waals surface area contributed by atoms with Crippen molar-refractivity contribution in [2.24, 2.45) is 0 Å². The lowest BCUT2D eigenvalue weighted by Gasteiger charge is -2.39. The van der Waals surface area contributed by atoms with Gasteiger partial charge in [0.15, 0.2) is 0 Å². The summed E-state index contributed by atoms with van der Waals surface area (Å²) in [6, 6.07) is 29.4. The van der Waals surface area contributed by atoms with Gasteiger partial charge >= 0.3 is 0 Å². The summed E-state index contributed by atoms with van der Waals surface area (Å²) < 4.78 is 0. The second-order valence-corrected chi connectivity index (χ2v) is 17.9. The molecule has 2 aliphatic rings. The summed E-state index contributed by atoms with van der Waals surface area (Å²) in [7, 11) is 0. The van der Waals surface area contributed by atoms with Crippen LogP contribution in [0, 0.1) is 0 Å². The Bertz CT molecular complexity index is 2430. The third-order valence-corrected chi connectivity index (χ3v) is 12.1. The quantitative estimate of drug-likeness (QED) is 0.166. The van der Waals surface area contributed by atoms with Gasteiger partial charge < -0.3 is 0 Å². The van der Waals surface area contributed by atoms with Crippen molar-refractivity contribution < 1.29 is 0 Å². The van der Waals surface area contributed by atoms with Crippen LogP contribution in [0.1, 0.15) is 104 Å². The largest absolute Gasteiger partial charge is 0.242 e. The monoisotopic (exact) mass is 710 g/mol. The van der Waals surface area contributed by atoms with Gasteiger partial charge in [-0.3, -0.25) is 0 Å². The molecule has 0 bridgehead atoms. The van der Waals surface area contributed by atoms with E-state index in [2.05, 4.69) is 128 Å². The molecule has 54 heavy (non-hydrogen) atoms. The van der Waals surface area contributed by atoms with Crippen molar-refractivity contribution in [3.8, 4) is 45.3 Å². The molecule has 7 aromatic rings. The zero-order chi connectivity index (χ0) is 37.6. The first-order valence-electron chi connectivity index (χ1n) is 19.1. The summed E-state index contributed by atoms with van der Waals surface area (Å²) in [6.45, 7) is 18.0. The summed E-state index contributed by atoms with van der Waals surface area (Å²) in [5.74, 6) is 1.03. The number of fused-ring (bicyclic) bond motifs is 5. The topological polar surface area (TPSA) is 103 Å². The summed E-state index contributed by atoms with van der Waals surface area (Å²) in [6.07, 6.45) is 4.13. The minimum Gasteiger partial charge on any atom is -0.242 e. The third-order valence-electron chi connectivity index (χ3n) is 12.1. The maximum absolute atomic E-state index is 5.39. The molecule has 4 aromatic heterocycles. The molecule has 8 nitrogen and oxygen atoms in total. The number of aromatic nitrogens is 8. The molecule has 0 amide bonds. The molecule has 2 aliphatic carbocycles. The van der Waals surface area contributed by atoms with Crippen molar-refractivity contribution in [1.29, 1.82) is 0 Å². The van der Waals surface area contributed by atoms with Crippen LogP contribution in [-0.2, 0) is 21.7 Å². The normalized spacial score (nSPS) is 17.9. The van der Waals surface area contributed by atoms with E-state index in [1.165, 1.54) is 0 Å². The van der Waals surface area contributed by atoms with Gasteiger partial charge in [0.05, 0.1) is 33.8 Å². The van der Waals surface area contributed by atoms with E-state index in [1.54, 1.807) is 0 Å². The van der Waals surface area contributed by atoms with Gasteiger partial charge in [0.25, 0.3) is 0 Å². The lowest BCUT2D eigenvalue weighted by molar-refractivity contribution is 0.311. The fraction of sp³-hybridized carbons (Fsp3) is 0.348. The van der Waals surface area contributed by atoms with Gasteiger partial charge in [0.2, 0.25) is 11.6 Å². The Balaban J connectivity index is 1.35. The van der Waals surface area contributed by atoms with Crippen LogP contribution in [0.2, 0.25) is 0 Å². The van der Waals surface area contributed by atoms with E-state index >= 15 is 0 Å². The van der Waals surface area contributed by atoms with Gasteiger partial charge in [0, 0.05) is 32.4 Å². The molecular weight excluding hydrogens is 665 g/mol. The Kier molecular flexibility index (Phi) is 7.62. The Morgan fingerprint density at radius 1 is 0.389 bits per heavy atom. The van der Waals surface area contributed by atoms with E-state index in [0.29, 0.717) is 23.0 Å². The number of hydrogen-bond donors (Lipinski definition) is 0. The van der Waals surface area contributed by atoms with E-state index < -0.39 is 0 Å². The molecule has 0 N–H and O–H groups in total. The van der Waals surface area contributed by atoms with E-state index in [0.717, 1.165) is 92.5 Å². The SMILES string of the molecule is CC1(C)CCC(C)(C)c2nc(-c3cc(-c4ccccc4)c4ccc5c(-c6ccccc6)cc(-c6nnc7c(n6)C(C)(C)CCC7(C)C)nc5c4n3)nnc21. The maximum atomic E-state index is 5.39. The first kappa shape index (κ1) is 34.3. The standard InChI is InChI=1S/C46H46N8/c1-43(2)21-23-45(5,6)39-37(43)49-41(53-51-39)33-25-31(27-15-11-9-12-16-27)29-19-20-30-32(28-17-13-10-14-18-28)26-34(48-36(30)35(29)47-33)42-50-38-40(52-54-42)46(7,8)24-22-44(38,3)4/h9-20,25-26H,21-24H2,1-8H3. The molecule has 0 saturated carbocycles. The average Bonchev–Trinajstić information content (AvgIpc) is 3.18. The highest BCUT2D eigenvalue weighted by Crippen LogP contribution is 2.46. The summed E-state index contributed by atoms with van der Waals surface area (Å²) >= 11 is 0. The van der Waals surface area contributed by atoms with Gasteiger partial charge in [-0.2, -0.15) is 10.2 Å². The lowest BCUT2D eigenvalue weighted by atomic mass is 9.67. The van der Waals surface area contributed by atoms with Crippen molar-refractivity contribution >= 4 is 21.8 Å². The molecule has 9 rings (SSSR count). The molecule has 0 aliphatic heterocycles. The molecule has 3 aromatic carbocycles. The highest BCUT2D eigenvalue weighted by atomic mass is 15.2. The Hall–Kier alpha value is -5.50. The first-order valence-corrected chi connectivity index (χ1v) is 19.1. The van der Waals surface area contributed by atoms with Crippen molar-refractivity contribution in [1.82, 2.24) is 40.3 Å². The second-order valence-electron chi connectivity index (χ2n) is 17.9. The molecule has 4 heterocycles. The van der Waals surface area contributed by atoms with Crippen molar-refractivity contribution in [2.45, 2.75) is 103 Å². The highest BCUT2D eigenvalue weighted by molar-refractivity contribution is 6.13. The smallest absolute Gasteiger partial charge is 0.200 e. The number of nitrogens with zero attached hydrogens (tertiary/aromatic N) is 8. The minimum absolute atomic E-state index is 0.0989. The number of benzene rings is 3. The lowest BCUT2D eigenvalue weighted by Crippen LogP contribution is -2.36. The maximum Gasteiger partial charge on any atom is 0.200 e. The van der Waals surface area contributed by atoms with Crippen LogP contribution >= 0.6 is 0 Å². The predicted octanol–water partition coefficient (Wildman–Crippen LogP) is 10.5. The molecule has 0 saturated heterocycles. The van der Waals surface area contributed by atoms with Crippen LogP contribution < -0.4 is 0 Å². The van der Waals surface area contributed by atoms with Gasteiger partial charge in [-0.05, 0) is 60.1 Å². The van der Waals surface area contributed by atoms with Crippen LogP contribution in [0.15, 0.2) is 84.9 Å². The highest BCUT2D eigenvalue weighted by Gasteiger charge is 2.42. The van der Waals surface area contributed by atoms with Gasteiger partial charge in [-0.25, -0.2) is 19.9 Å². The molecule has 0 unspecified atom stereocenters. The zero-order valence-corrected chi connectivity index (χ0v) is 32.5. The third kappa shape index (κ3) is 5.57. The summed E-state index contributed by atoms with van der Waals surface area (Å²) in [5, 5.41) is 21.2.